The molecule has 3 N–H and O–H groups in total. The van der Waals surface area contributed by atoms with Gasteiger partial charge in [0, 0.05) is 49.7 Å². The van der Waals surface area contributed by atoms with Crippen molar-refractivity contribution in [3.63, 3.8) is 0 Å². The van der Waals surface area contributed by atoms with Crippen molar-refractivity contribution in [3.05, 3.63) is 54.7 Å². The van der Waals surface area contributed by atoms with Crippen LogP contribution in [-0.4, -0.2) is 70.9 Å². The van der Waals surface area contributed by atoms with Crippen molar-refractivity contribution >= 4 is 33.7 Å². The minimum Gasteiger partial charge on any atom is -0.387 e. The first-order chi connectivity index (χ1) is 19.0. The molecule has 0 saturated carbocycles. The van der Waals surface area contributed by atoms with Crippen molar-refractivity contribution in [2.45, 2.75) is 43.9 Å². The number of halogens is 1. The summed E-state index contributed by atoms with van der Waals surface area (Å²) in [5.41, 5.74) is 9.86. The number of aliphatic hydroxyl groups is 1. The van der Waals surface area contributed by atoms with Gasteiger partial charge in [0.25, 0.3) is 0 Å². The molecule has 4 atom stereocenters. The number of ether oxygens (including phenoxy) is 1. The standard InChI is InChI=1S/C27H28FN9O2/c1-35-10-7-18(34-35)17-13-37(25-21(17)24(29)31-14-32-25)26-22(28)23(38)20(39-26)6-4-15-3-5-16-12-30-27(33-19(16)11-15)36-8-2-9-36/h3,5,7,10-14,20,22-23,26,38H,2,4,6,8-9H2,1H3,(H2,29,31,32)/t20-,22+,23-,26-/m1/s1. The second kappa shape index (κ2) is 9.24. The molecular formula is C27H28FN9O2. The van der Waals surface area contributed by atoms with Crippen LogP contribution in [-0.2, 0) is 18.2 Å². The number of alkyl halides is 1. The molecule has 200 valence electrons. The Morgan fingerprint density at radius 1 is 1.18 bits per heavy atom. The van der Waals surface area contributed by atoms with E-state index < -0.39 is 24.6 Å². The Morgan fingerprint density at radius 2 is 2.05 bits per heavy atom. The number of aliphatic hydroxyl groups excluding tert-OH is 1. The molecule has 0 unspecified atom stereocenters. The van der Waals surface area contributed by atoms with Gasteiger partial charge in [0.05, 0.1) is 22.7 Å². The van der Waals surface area contributed by atoms with E-state index in [-0.39, 0.29) is 5.82 Å². The average Bonchev–Trinajstić information content (AvgIpc) is 3.58. The zero-order valence-electron chi connectivity index (χ0n) is 21.4. The van der Waals surface area contributed by atoms with Crippen molar-refractivity contribution in [3.8, 4) is 11.3 Å². The second-order valence-corrected chi connectivity index (χ2v) is 10.2. The van der Waals surface area contributed by atoms with Crippen molar-refractivity contribution < 1.29 is 14.2 Å². The van der Waals surface area contributed by atoms with Crippen LogP contribution < -0.4 is 10.6 Å². The number of nitrogens with two attached hydrogens (primary N) is 1. The van der Waals surface area contributed by atoms with Crippen molar-refractivity contribution in [1.82, 2.24) is 34.3 Å². The molecule has 2 fully saturated rings. The maximum Gasteiger partial charge on any atom is 0.225 e. The monoisotopic (exact) mass is 529 g/mol. The van der Waals surface area contributed by atoms with Gasteiger partial charge in [0.1, 0.15) is 23.9 Å². The van der Waals surface area contributed by atoms with E-state index in [0.717, 1.165) is 41.9 Å². The van der Waals surface area contributed by atoms with Crippen LogP contribution in [0.15, 0.2) is 49.2 Å². The van der Waals surface area contributed by atoms with E-state index >= 15 is 4.39 Å². The summed E-state index contributed by atoms with van der Waals surface area (Å²) in [5, 5.41) is 16.8. The Balaban J connectivity index is 1.13. The number of nitrogens with zero attached hydrogens (tertiary/aromatic N) is 8. The number of aromatic nitrogens is 7. The van der Waals surface area contributed by atoms with Crippen molar-refractivity contribution in [1.29, 1.82) is 0 Å². The maximum atomic E-state index is 15.5. The van der Waals surface area contributed by atoms with E-state index in [2.05, 4.69) is 25.0 Å². The molecule has 11 nitrogen and oxygen atoms in total. The smallest absolute Gasteiger partial charge is 0.225 e. The van der Waals surface area contributed by atoms with Crippen LogP contribution in [0.3, 0.4) is 0 Å². The zero-order chi connectivity index (χ0) is 26.7. The van der Waals surface area contributed by atoms with E-state index in [1.165, 1.54) is 6.33 Å². The Bertz CT molecular complexity index is 1680. The van der Waals surface area contributed by atoms with Crippen LogP contribution in [0, 0.1) is 0 Å². The fourth-order valence-corrected chi connectivity index (χ4v) is 5.41. The Kier molecular flexibility index (Phi) is 5.67. The molecule has 0 radical (unpaired) electrons. The van der Waals surface area contributed by atoms with E-state index in [4.69, 9.17) is 15.5 Å². The first-order valence-corrected chi connectivity index (χ1v) is 13.1. The summed E-state index contributed by atoms with van der Waals surface area (Å²) in [5.74, 6) is 1.01. The van der Waals surface area contributed by atoms with E-state index in [9.17, 15) is 5.11 Å². The summed E-state index contributed by atoms with van der Waals surface area (Å²) >= 11 is 0. The van der Waals surface area contributed by atoms with E-state index in [0.29, 0.717) is 35.1 Å². The third-order valence-corrected chi connectivity index (χ3v) is 7.69. The molecule has 4 aromatic heterocycles. The first-order valence-electron chi connectivity index (χ1n) is 13.1. The van der Waals surface area contributed by atoms with Gasteiger partial charge in [-0.25, -0.2) is 24.3 Å². The molecule has 2 saturated heterocycles. The Labute approximate surface area is 223 Å². The van der Waals surface area contributed by atoms with Crippen LogP contribution in [0.25, 0.3) is 33.2 Å². The molecule has 0 aliphatic carbocycles. The van der Waals surface area contributed by atoms with Crippen molar-refractivity contribution in [2.75, 3.05) is 23.7 Å². The summed E-state index contributed by atoms with van der Waals surface area (Å²) in [6.45, 7) is 1.96. The third-order valence-electron chi connectivity index (χ3n) is 7.69. The normalized spacial score (nSPS) is 23.1. The number of hydrogen-bond donors (Lipinski definition) is 2. The van der Waals surface area contributed by atoms with Crippen LogP contribution in [0.1, 0.15) is 24.6 Å². The molecule has 0 bridgehead atoms. The van der Waals surface area contributed by atoms with Gasteiger partial charge in [-0.3, -0.25) is 4.68 Å². The topological polar surface area (TPSA) is 133 Å². The highest BCUT2D eigenvalue weighted by Crippen LogP contribution is 2.40. The number of hydrogen-bond acceptors (Lipinski definition) is 9. The molecule has 2 aliphatic heterocycles. The van der Waals surface area contributed by atoms with Gasteiger partial charge in [0.2, 0.25) is 5.95 Å². The van der Waals surface area contributed by atoms with Crippen LogP contribution in [0.4, 0.5) is 16.2 Å². The van der Waals surface area contributed by atoms with E-state index in [1.54, 1.807) is 15.4 Å². The lowest BCUT2D eigenvalue weighted by molar-refractivity contribution is -0.0254. The number of rotatable bonds is 6. The lowest BCUT2D eigenvalue weighted by Gasteiger charge is -2.30. The van der Waals surface area contributed by atoms with Crippen LogP contribution >= 0.6 is 0 Å². The number of fused-ring (bicyclic) bond motifs is 2. The van der Waals surface area contributed by atoms with Gasteiger partial charge in [0.15, 0.2) is 12.4 Å². The largest absolute Gasteiger partial charge is 0.387 e. The predicted molar refractivity (Wildman–Crippen MR) is 144 cm³/mol. The number of benzene rings is 1. The molecule has 39 heavy (non-hydrogen) atoms. The van der Waals surface area contributed by atoms with Crippen molar-refractivity contribution in [2.24, 2.45) is 7.05 Å². The Morgan fingerprint density at radius 3 is 2.82 bits per heavy atom. The highest BCUT2D eigenvalue weighted by Gasteiger charge is 2.45. The average molecular weight is 530 g/mol. The first kappa shape index (κ1) is 23.9. The molecule has 12 heteroatoms. The number of aryl methyl sites for hydroxylation is 2. The quantitative estimate of drug-likeness (QED) is 0.341. The molecule has 5 aromatic rings. The third kappa shape index (κ3) is 4.07. The highest BCUT2D eigenvalue weighted by atomic mass is 19.1. The van der Waals surface area contributed by atoms with Gasteiger partial charge in [-0.05, 0) is 37.0 Å². The summed E-state index contributed by atoms with van der Waals surface area (Å²) in [7, 11) is 1.81. The fraction of sp³-hybridized carbons (Fsp3) is 0.370. The molecular weight excluding hydrogens is 501 g/mol. The summed E-state index contributed by atoms with van der Waals surface area (Å²) in [4.78, 5) is 19.8. The zero-order valence-corrected chi connectivity index (χ0v) is 21.4. The minimum atomic E-state index is -1.65. The predicted octanol–water partition coefficient (Wildman–Crippen LogP) is 2.80. The van der Waals surface area contributed by atoms with Gasteiger partial charge in [-0.1, -0.05) is 12.1 Å². The van der Waals surface area contributed by atoms with Crippen LogP contribution in [0.5, 0.6) is 0 Å². The van der Waals surface area contributed by atoms with Gasteiger partial charge in [-0.2, -0.15) is 5.10 Å². The molecule has 2 aliphatic rings. The number of nitrogen functional groups attached to an aromatic ring is 1. The minimum absolute atomic E-state index is 0.266. The van der Waals surface area contributed by atoms with Gasteiger partial charge < -0.3 is 25.0 Å². The molecule has 0 spiro atoms. The molecule has 0 amide bonds. The SMILES string of the molecule is Cn1ccc(-c2cn([C@@H]3O[C@H](CCc4ccc5cnc(N6CCC6)nc5c4)[C@@H](O)[C@@H]3F)c3ncnc(N)c23)n1. The summed E-state index contributed by atoms with van der Waals surface area (Å²) < 4.78 is 24.9. The van der Waals surface area contributed by atoms with E-state index in [1.807, 2.05) is 43.7 Å². The number of anilines is 2. The molecule has 6 heterocycles. The summed E-state index contributed by atoms with van der Waals surface area (Å²) in [6.07, 6.45) is 4.22. The second-order valence-electron chi connectivity index (χ2n) is 10.2. The Hall–Kier alpha value is -4.16. The fourth-order valence-electron chi connectivity index (χ4n) is 5.41. The summed E-state index contributed by atoms with van der Waals surface area (Å²) in [6, 6.07) is 7.88. The maximum absolute atomic E-state index is 15.5. The highest BCUT2D eigenvalue weighted by molar-refractivity contribution is 5.99. The lowest BCUT2D eigenvalue weighted by atomic mass is 10.0. The molecule has 1 aromatic carbocycles. The van der Waals surface area contributed by atoms with Crippen LogP contribution in [0.2, 0.25) is 0 Å². The van der Waals surface area contributed by atoms with Gasteiger partial charge in [-0.15, -0.1) is 0 Å². The van der Waals surface area contributed by atoms with Gasteiger partial charge >= 0.3 is 0 Å². The molecule has 7 rings (SSSR count). The lowest BCUT2D eigenvalue weighted by Crippen LogP contribution is -2.38.